The van der Waals surface area contributed by atoms with Crippen molar-refractivity contribution in [3.63, 3.8) is 0 Å². The van der Waals surface area contributed by atoms with E-state index in [1.54, 1.807) is 30.3 Å². The van der Waals surface area contributed by atoms with E-state index in [1.807, 2.05) is 6.92 Å². The molecule has 2 aromatic rings. The van der Waals surface area contributed by atoms with Crippen LogP contribution < -0.4 is 4.74 Å². The molecular formula is C32H44O6. The van der Waals surface area contributed by atoms with Gasteiger partial charge in [-0.1, -0.05) is 83.8 Å². The molecule has 0 aromatic heterocycles. The second-order valence-corrected chi connectivity index (χ2v) is 10.0. The van der Waals surface area contributed by atoms with Crippen molar-refractivity contribution in [1.82, 2.24) is 0 Å². The molecule has 0 amide bonds. The molecule has 1 N–H and O–H groups in total. The zero-order valence-electron chi connectivity index (χ0n) is 23.3. The van der Waals surface area contributed by atoms with Crippen molar-refractivity contribution >= 4 is 17.9 Å². The summed E-state index contributed by atoms with van der Waals surface area (Å²) in [7, 11) is 0. The van der Waals surface area contributed by atoms with Crippen LogP contribution in [0, 0.1) is 0 Å². The molecule has 6 nitrogen and oxygen atoms in total. The molecule has 0 aliphatic heterocycles. The number of unbranched alkanes of at least 4 members (excludes halogenated alkanes) is 9. The first-order chi connectivity index (χ1) is 18.3. The third kappa shape index (κ3) is 11.1. The Labute approximate surface area is 227 Å². The minimum Gasteiger partial charge on any atom is -0.478 e. The van der Waals surface area contributed by atoms with E-state index in [-0.39, 0.29) is 17.6 Å². The van der Waals surface area contributed by atoms with Crippen molar-refractivity contribution in [2.45, 2.75) is 110 Å². The van der Waals surface area contributed by atoms with Crippen LogP contribution >= 0.6 is 0 Å². The largest absolute Gasteiger partial charge is 0.478 e. The molecule has 0 spiro atoms. The summed E-state index contributed by atoms with van der Waals surface area (Å²) in [5.74, 6) is -1.50. The Kier molecular flexibility index (Phi) is 14.2. The quantitative estimate of drug-likeness (QED) is 0.119. The SMILES string of the molecule is CCCCCCCCCC(=O)Oc1ccc(C(=O)O)c(-c2ccc(C(=O)O[C@H](C)CCCCCC)cc2)c1. The number of esters is 2. The van der Waals surface area contributed by atoms with Crippen LogP contribution in [0.1, 0.15) is 125 Å². The van der Waals surface area contributed by atoms with E-state index in [4.69, 9.17) is 9.47 Å². The van der Waals surface area contributed by atoms with Crippen molar-refractivity contribution in [3.8, 4) is 16.9 Å². The lowest BCUT2D eigenvalue weighted by atomic mass is 9.98. The molecule has 2 rings (SSSR count). The Morgan fingerprint density at radius 3 is 2.03 bits per heavy atom. The highest BCUT2D eigenvalue weighted by molar-refractivity contribution is 5.97. The van der Waals surface area contributed by atoms with E-state index in [0.717, 1.165) is 44.9 Å². The maximum Gasteiger partial charge on any atom is 0.338 e. The Balaban J connectivity index is 1.99. The van der Waals surface area contributed by atoms with Gasteiger partial charge in [0, 0.05) is 6.42 Å². The lowest BCUT2D eigenvalue weighted by molar-refractivity contribution is -0.134. The van der Waals surface area contributed by atoms with Crippen molar-refractivity contribution in [2.24, 2.45) is 0 Å². The normalized spacial score (nSPS) is 11.7. The number of carboxylic acid groups (broad SMARTS) is 1. The summed E-state index contributed by atoms with van der Waals surface area (Å²) in [4.78, 5) is 36.7. The number of carbonyl (C=O) groups is 3. The molecule has 0 bridgehead atoms. The predicted molar refractivity (Wildman–Crippen MR) is 151 cm³/mol. The Morgan fingerprint density at radius 2 is 1.39 bits per heavy atom. The van der Waals surface area contributed by atoms with Crippen LogP contribution in [0.4, 0.5) is 0 Å². The number of rotatable bonds is 18. The van der Waals surface area contributed by atoms with Gasteiger partial charge in [0.2, 0.25) is 0 Å². The number of benzene rings is 2. The van der Waals surface area contributed by atoms with Crippen molar-refractivity contribution < 1.29 is 29.0 Å². The predicted octanol–water partition coefficient (Wildman–Crippen LogP) is 8.61. The molecule has 6 heteroatoms. The molecule has 208 valence electrons. The molecule has 1 atom stereocenters. The van der Waals surface area contributed by atoms with Crippen LogP contribution in [0.5, 0.6) is 5.75 Å². The standard InChI is InChI=1S/C32H44O6/c1-4-6-8-10-11-12-14-16-30(33)38-27-21-22-28(31(34)35)29(23-27)25-17-19-26(20-18-25)32(36)37-24(3)15-13-9-7-5-2/h17-24H,4-16H2,1-3H3,(H,34,35)/t24-/m1/s1. The summed E-state index contributed by atoms with van der Waals surface area (Å²) in [5.41, 5.74) is 1.52. The fourth-order valence-electron chi connectivity index (χ4n) is 4.38. The fourth-order valence-corrected chi connectivity index (χ4v) is 4.38. The lowest BCUT2D eigenvalue weighted by Crippen LogP contribution is -2.15. The minimum absolute atomic E-state index is 0.0907. The number of ether oxygens (including phenoxy) is 2. The number of aromatic carboxylic acids is 1. The molecule has 0 aliphatic rings. The molecule has 0 saturated heterocycles. The number of carboxylic acids is 1. The van der Waals surface area contributed by atoms with Crippen LogP contribution in [0.2, 0.25) is 0 Å². The van der Waals surface area contributed by atoms with Crippen LogP contribution in [-0.4, -0.2) is 29.1 Å². The van der Waals surface area contributed by atoms with Gasteiger partial charge >= 0.3 is 17.9 Å². The molecule has 0 radical (unpaired) electrons. The molecule has 38 heavy (non-hydrogen) atoms. The van der Waals surface area contributed by atoms with Crippen molar-refractivity contribution in [1.29, 1.82) is 0 Å². The van der Waals surface area contributed by atoms with Gasteiger partial charge in [-0.05, 0) is 67.6 Å². The van der Waals surface area contributed by atoms with E-state index in [0.29, 0.717) is 28.9 Å². The lowest BCUT2D eigenvalue weighted by Gasteiger charge is -2.14. The summed E-state index contributed by atoms with van der Waals surface area (Å²) in [6.07, 6.45) is 13.3. The first-order valence-corrected chi connectivity index (χ1v) is 14.2. The van der Waals surface area contributed by atoms with Crippen molar-refractivity contribution in [2.75, 3.05) is 0 Å². The summed E-state index contributed by atoms with van der Waals surface area (Å²) in [5, 5.41) is 9.68. The summed E-state index contributed by atoms with van der Waals surface area (Å²) in [6, 6.07) is 11.2. The first-order valence-electron chi connectivity index (χ1n) is 14.2. The summed E-state index contributed by atoms with van der Waals surface area (Å²) in [6.45, 7) is 6.25. The maximum atomic E-state index is 12.5. The van der Waals surface area contributed by atoms with Crippen LogP contribution in [-0.2, 0) is 9.53 Å². The van der Waals surface area contributed by atoms with Gasteiger partial charge in [0.05, 0.1) is 17.2 Å². The van der Waals surface area contributed by atoms with E-state index in [2.05, 4.69) is 13.8 Å². The third-order valence-corrected chi connectivity index (χ3v) is 6.64. The van der Waals surface area contributed by atoms with Gasteiger partial charge in [-0.25, -0.2) is 9.59 Å². The third-order valence-electron chi connectivity index (χ3n) is 6.64. The number of hydrogen-bond acceptors (Lipinski definition) is 5. The Bertz CT molecular complexity index is 1010. The molecule has 0 fully saturated rings. The van der Waals surface area contributed by atoms with Gasteiger partial charge < -0.3 is 14.6 Å². The smallest absolute Gasteiger partial charge is 0.338 e. The van der Waals surface area contributed by atoms with Gasteiger partial charge in [-0.15, -0.1) is 0 Å². The summed E-state index contributed by atoms with van der Waals surface area (Å²) >= 11 is 0. The first kappa shape index (κ1) is 31.1. The van der Waals surface area contributed by atoms with E-state index in [9.17, 15) is 19.5 Å². The second-order valence-electron chi connectivity index (χ2n) is 10.0. The zero-order chi connectivity index (χ0) is 27.8. The van der Waals surface area contributed by atoms with Gasteiger partial charge in [0.15, 0.2) is 0 Å². The molecular weight excluding hydrogens is 480 g/mol. The molecule has 0 heterocycles. The van der Waals surface area contributed by atoms with E-state index >= 15 is 0 Å². The Hall–Kier alpha value is -3.15. The summed E-state index contributed by atoms with van der Waals surface area (Å²) < 4.78 is 11.1. The molecule has 0 unspecified atom stereocenters. The fraction of sp³-hybridized carbons (Fsp3) is 0.531. The van der Waals surface area contributed by atoms with Gasteiger partial charge in [0.25, 0.3) is 0 Å². The minimum atomic E-state index is -1.08. The number of hydrogen-bond donors (Lipinski definition) is 1. The highest BCUT2D eigenvalue weighted by atomic mass is 16.5. The van der Waals surface area contributed by atoms with E-state index < -0.39 is 11.9 Å². The Morgan fingerprint density at radius 1 is 0.789 bits per heavy atom. The molecule has 2 aromatic carbocycles. The molecule has 0 aliphatic carbocycles. The van der Waals surface area contributed by atoms with Gasteiger partial charge in [0.1, 0.15) is 5.75 Å². The highest BCUT2D eigenvalue weighted by Crippen LogP contribution is 2.29. The highest BCUT2D eigenvalue weighted by Gasteiger charge is 2.17. The van der Waals surface area contributed by atoms with E-state index in [1.165, 1.54) is 44.2 Å². The monoisotopic (exact) mass is 524 g/mol. The molecule has 0 saturated carbocycles. The number of carbonyl (C=O) groups excluding carboxylic acids is 2. The topological polar surface area (TPSA) is 89.9 Å². The second kappa shape index (κ2) is 17.4. The van der Waals surface area contributed by atoms with Crippen LogP contribution in [0.3, 0.4) is 0 Å². The van der Waals surface area contributed by atoms with Crippen LogP contribution in [0.15, 0.2) is 42.5 Å². The average Bonchev–Trinajstić information content (AvgIpc) is 2.90. The van der Waals surface area contributed by atoms with Crippen LogP contribution in [0.25, 0.3) is 11.1 Å². The average molecular weight is 525 g/mol. The van der Waals surface area contributed by atoms with Gasteiger partial charge in [-0.3, -0.25) is 4.79 Å². The maximum absolute atomic E-state index is 12.5. The zero-order valence-corrected chi connectivity index (χ0v) is 23.3. The van der Waals surface area contributed by atoms with Gasteiger partial charge in [-0.2, -0.15) is 0 Å². The van der Waals surface area contributed by atoms with Crippen molar-refractivity contribution in [3.05, 3.63) is 53.6 Å².